The first-order valence-electron chi connectivity index (χ1n) is 5.05. The molecule has 1 aromatic heterocycles. The van der Waals surface area contributed by atoms with Crippen LogP contribution in [-0.4, -0.2) is 16.6 Å². The van der Waals surface area contributed by atoms with Crippen LogP contribution in [0.15, 0.2) is 18.0 Å². The fourth-order valence-electron chi connectivity index (χ4n) is 0.982. The average Bonchev–Trinajstić information content (AvgIpc) is 2.62. The topological polar surface area (TPSA) is 37.0 Å². The van der Waals surface area contributed by atoms with E-state index in [-0.39, 0.29) is 5.41 Å². The van der Waals surface area contributed by atoms with Crippen molar-refractivity contribution in [3.8, 4) is 0 Å². The molecule has 0 aliphatic carbocycles. The Balaban J connectivity index is 2.59. The van der Waals surface area contributed by atoms with E-state index < -0.39 is 0 Å². The van der Waals surface area contributed by atoms with Crippen molar-refractivity contribution in [2.24, 2.45) is 0 Å². The Morgan fingerprint density at radius 2 is 2.31 bits per heavy atom. The number of nitrogens with zero attached hydrogens (tertiary/aromatic N) is 1. The molecule has 0 amide bonds. The number of nitrogens with one attached hydrogen (secondary N) is 2. The van der Waals surface area contributed by atoms with E-state index >= 15 is 0 Å². The first-order valence-corrected chi connectivity index (χ1v) is 6.34. The zero-order valence-corrected chi connectivity index (χ0v) is 11.5. The zero-order valence-electron chi connectivity index (χ0n) is 9.83. The zero-order chi connectivity index (χ0) is 12.2. The van der Waals surface area contributed by atoms with Crippen LogP contribution >= 0.6 is 23.6 Å². The van der Waals surface area contributed by atoms with Gasteiger partial charge >= 0.3 is 0 Å². The number of rotatable bonds is 3. The fraction of sp³-hybridized carbons (Fsp3) is 0.455. The van der Waals surface area contributed by atoms with Gasteiger partial charge in [-0.2, -0.15) is 0 Å². The standard InChI is InChI=1S/C11H17N3S2/c1-5-6-12-9(15)14-10-13-8(7-16-10)11(2,3)4/h5,7H,1,6H2,2-4H3,(H2,12,13,14,15). The lowest BCUT2D eigenvalue weighted by Crippen LogP contribution is -2.28. The maximum Gasteiger partial charge on any atom is 0.189 e. The third kappa shape index (κ3) is 3.90. The number of hydrogen-bond acceptors (Lipinski definition) is 3. The van der Waals surface area contributed by atoms with Crippen molar-refractivity contribution in [2.45, 2.75) is 26.2 Å². The Kier molecular flexibility index (Phi) is 4.44. The van der Waals surface area contributed by atoms with Crippen molar-refractivity contribution >= 4 is 33.8 Å². The first-order chi connectivity index (χ1) is 7.43. The molecule has 0 fully saturated rings. The van der Waals surface area contributed by atoms with Crippen LogP contribution in [0.2, 0.25) is 0 Å². The molecule has 0 saturated heterocycles. The minimum Gasteiger partial charge on any atom is -0.359 e. The highest BCUT2D eigenvalue weighted by atomic mass is 32.1. The van der Waals surface area contributed by atoms with Gasteiger partial charge in [0.1, 0.15) is 0 Å². The van der Waals surface area contributed by atoms with Crippen LogP contribution in [-0.2, 0) is 5.41 Å². The molecule has 0 atom stereocenters. The van der Waals surface area contributed by atoms with E-state index in [0.29, 0.717) is 11.7 Å². The van der Waals surface area contributed by atoms with Gasteiger partial charge in [-0.05, 0) is 12.2 Å². The lowest BCUT2D eigenvalue weighted by molar-refractivity contribution is 0.573. The maximum atomic E-state index is 5.10. The van der Waals surface area contributed by atoms with Crippen molar-refractivity contribution in [3.63, 3.8) is 0 Å². The largest absolute Gasteiger partial charge is 0.359 e. The molecule has 0 bridgehead atoms. The van der Waals surface area contributed by atoms with E-state index in [4.69, 9.17) is 12.2 Å². The molecular weight excluding hydrogens is 238 g/mol. The van der Waals surface area contributed by atoms with E-state index in [2.05, 4.69) is 48.3 Å². The summed E-state index contributed by atoms with van der Waals surface area (Å²) in [6, 6.07) is 0. The Labute approximate surface area is 106 Å². The second-order valence-corrected chi connectivity index (χ2v) is 5.68. The maximum absolute atomic E-state index is 5.10. The molecule has 0 spiro atoms. The highest BCUT2D eigenvalue weighted by molar-refractivity contribution is 7.80. The normalized spacial score (nSPS) is 10.9. The van der Waals surface area contributed by atoms with Gasteiger partial charge in [0.2, 0.25) is 0 Å². The average molecular weight is 255 g/mol. The summed E-state index contributed by atoms with van der Waals surface area (Å²) in [4.78, 5) is 4.48. The number of thiocarbonyl (C=S) groups is 1. The Bertz CT molecular complexity index is 377. The Morgan fingerprint density at radius 1 is 1.62 bits per heavy atom. The molecule has 0 aliphatic heterocycles. The second kappa shape index (κ2) is 5.41. The summed E-state index contributed by atoms with van der Waals surface area (Å²) in [5.74, 6) is 0. The van der Waals surface area contributed by atoms with Crippen molar-refractivity contribution in [2.75, 3.05) is 11.9 Å². The molecule has 1 heterocycles. The number of hydrogen-bond donors (Lipinski definition) is 2. The molecule has 1 rings (SSSR count). The molecule has 0 aromatic carbocycles. The monoisotopic (exact) mass is 255 g/mol. The molecule has 0 aliphatic rings. The van der Waals surface area contributed by atoms with Crippen molar-refractivity contribution in [1.29, 1.82) is 0 Å². The molecule has 3 nitrogen and oxygen atoms in total. The quantitative estimate of drug-likeness (QED) is 0.643. The Morgan fingerprint density at radius 3 is 2.81 bits per heavy atom. The third-order valence-corrected chi connectivity index (χ3v) is 2.90. The summed E-state index contributed by atoms with van der Waals surface area (Å²) >= 11 is 6.66. The van der Waals surface area contributed by atoms with Gasteiger partial charge in [0.05, 0.1) is 5.69 Å². The molecule has 2 N–H and O–H groups in total. The van der Waals surface area contributed by atoms with Crippen molar-refractivity contribution in [3.05, 3.63) is 23.7 Å². The van der Waals surface area contributed by atoms with Crippen LogP contribution in [0.3, 0.4) is 0 Å². The summed E-state index contributed by atoms with van der Waals surface area (Å²) in [7, 11) is 0. The SMILES string of the molecule is C=CCNC(=S)Nc1nc(C(C)(C)C)cs1. The first kappa shape index (κ1) is 13.1. The van der Waals surface area contributed by atoms with Crippen LogP contribution in [0.25, 0.3) is 0 Å². The smallest absolute Gasteiger partial charge is 0.189 e. The molecule has 88 valence electrons. The van der Waals surface area contributed by atoms with Gasteiger partial charge in [0.15, 0.2) is 10.2 Å². The van der Waals surface area contributed by atoms with Crippen LogP contribution in [0.5, 0.6) is 0 Å². The van der Waals surface area contributed by atoms with Gasteiger partial charge in [-0.15, -0.1) is 17.9 Å². The van der Waals surface area contributed by atoms with Crippen LogP contribution in [0.4, 0.5) is 5.13 Å². The number of thiazole rings is 1. The minimum absolute atomic E-state index is 0.0760. The van der Waals surface area contributed by atoms with Gasteiger partial charge in [0.25, 0.3) is 0 Å². The van der Waals surface area contributed by atoms with Crippen LogP contribution in [0.1, 0.15) is 26.5 Å². The van der Waals surface area contributed by atoms with E-state index in [1.807, 2.05) is 0 Å². The number of anilines is 1. The van der Waals surface area contributed by atoms with Gasteiger partial charge in [-0.1, -0.05) is 26.8 Å². The molecule has 0 unspecified atom stereocenters. The predicted molar refractivity (Wildman–Crippen MR) is 75.2 cm³/mol. The molecule has 0 radical (unpaired) electrons. The van der Waals surface area contributed by atoms with E-state index in [9.17, 15) is 0 Å². The van der Waals surface area contributed by atoms with Crippen LogP contribution < -0.4 is 10.6 Å². The third-order valence-electron chi connectivity index (χ3n) is 1.90. The summed E-state index contributed by atoms with van der Waals surface area (Å²) in [6.45, 7) is 10.7. The molecular formula is C11H17N3S2. The summed E-state index contributed by atoms with van der Waals surface area (Å²) < 4.78 is 0. The molecule has 5 heteroatoms. The summed E-state index contributed by atoms with van der Waals surface area (Å²) in [5.41, 5.74) is 1.15. The van der Waals surface area contributed by atoms with Gasteiger partial charge < -0.3 is 10.6 Å². The van der Waals surface area contributed by atoms with E-state index in [1.165, 1.54) is 0 Å². The van der Waals surface area contributed by atoms with E-state index in [1.54, 1.807) is 17.4 Å². The Hall–Kier alpha value is -0.940. The van der Waals surface area contributed by atoms with Gasteiger partial charge in [-0.3, -0.25) is 0 Å². The molecule has 1 aromatic rings. The minimum atomic E-state index is 0.0760. The fourth-order valence-corrected chi connectivity index (χ4v) is 2.17. The van der Waals surface area contributed by atoms with Gasteiger partial charge in [0, 0.05) is 17.3 Å². The lowest BCUT2D eigenvalue weighted by atomic mass is 9.93. The lowest BCUT2D eigenvalue weighted by Gasteiger charge is -2.14. The van der Waals surface area contributed by atoms with Crippen LogP contribution in [0, 0.1) is 0 Å². The van der Waals surface area contributed by atoms with Crippen molar-refractivity contribution in [1.82, 2.24) is 10.3 Å². The summed E-state index contributed by atoms with van der Waals surface area (Å²) in [6.07, 6.45) is 1.76. The van der Waals surface area contributed by atoms with Gasteiger partial charge in [-0.25, -0.2) is 4.98 Å². The molecule has 0 saturated carbocycles. The van der Waals surface area contributed by atoms with Crippen molar-refractivity contribution < 1.29 is 0 Å². The van der Waals surface area contributed by atoms with E-state index in [0.717, 1.165) is 10.8 Å². The summed E-state index contributed by atoms with van der Waals surface area (Å²) in [5, 5.41) is 9.50. The molecule has 16 heavy (non-hydrogen) atoms. The highest BCUT2D eigenvalue weighted by Gasteiger charge is 2.17. The predicted octanol–water partition coefficient (Wildman–Crippen LogP) is 2.91. The number of aromatic nitrogens is 1. The highest BCUT2D eigenvalue weighted by Crippen LogP contribution is 2.26. The second-order valence-electron chi connectivity index (χ2n) is 4.41.